The molecular formula is C30H31F5N4O4. The highest BCUT2D eigenvalue weighted by molar-refractivity contribution is 5.80. The average molecular weight is 607 g/mol. The summed E-state index contributed by atoms with van der Waals surface area (Å²) in [6.07, 6.45) is -3.98. The van der Waals surface area contributed by atoms with Gasteiger partial charge >= 0.3 is 6.18 Å². The van der Waals surface area contributed by atoms with E-state index in [0.29, 0.717) is 5.56 Å². The van der Waals surface area contributed by atoms with Crippen LogP contribution < -0.4 is 16.0 Å². The van der Waals surface area contributed by atoms with Crippen LogP contribution in [0.1, 0.15) is 49.1 Å². The molecule has 3 N–H and O–H groups in total. The van der Waals surface area contributed by atoms with Crippen LogP contribution in [-0.4, -0.2) is 50.1 Å². The summed E-state index contributed by atoms with van der Waals surface area (Å²) < 4.78 is 74.1. The molecule has 1 saturated heterocycles. The molecule has 1 saturated carbocycles. The molecule has 8 nitrogen and oxygen atoms in total. The highest BCUT2D eigenvalue weighted by Gasteiger charge is 2.46. The normalized spacial score (nSPS) is 21.8. The van der Waals surface area contributed by atoms with E-state index in [1.807, 2.05) is 0 Å². The van der Waals surface area contributed by atoms with E-state index in [-0.39, 0.29) is 62.9 Å². The van der Waals surface area contributed by atoms with Gasteiger partial charge in [0.1, 0.15) is 12.1 Å². The fraction of sp³-hybridized carbons (Fsp3) is 0.433. The van der Waals surface area contributed by atoms with Crippen molar-refractivity contribution in [2.75, 3.05) is 18.8 Å². The summed E-state index contributed by atoms with van der Waals surface area (Å²) in [6.45, 7) is 0.132. The number of aliphatic hydroxyl groups is 1. The van der Waals surface area contributed by atoms with E-state index in [4.69, 9.17) is 10.5 Å². The van der Waals surface area contributed by atoms with Crippen molar-refractivity contribution in [2.45, 2.75) is 62.3 Å². The first-order chi connectivity index (χ1) is 20.2. The maximum atomic E-state index is 14.3. The van der Waals surface area contributed by atoms with Gasteiger partial charge in [-0.15, -0.1) is 0 Å². The maximum absolute atomic E-state index is 14.3. The number of nitrogens with two attached hydrogens (primary N) is 1. The van der Waals surface area contributed by atoms with Gasteiger partial charge in [-0.05, 0) is 43.0 Å². The largest absolute Gasteiger partial charge is 0.437 e. The lowest BCUT2D eigenvalue weighted by Crippen LogP contribution is -2.52. The minimum atomic E-state index is -4.59. The van der Waals surface area contributed by atoms with E-state index in [1.54, 1.807) is 35.2 Å². The molecule has 43 heavy (non-hydrogen) atoms. The van der Waals surface area contributed by atoms with Gasteiger partial charge in [0.2, 0.25) is 17.7 Å². The maximum Gasteiger partial charge on any atom is 0.416 e. The molecule has 2 atom stereocenters. The Morgan fingerprint density at radius 3 is 2.44 bits per heavy atom. The Morgan fingerprint density at radius 1 is 1.07 bits per heavy atom. The second-order valence-corrected chi connectivity index (χ2v) is 11.3. The lowest BCUT2D eigenvalue weighted by atomic mass is 9.73. The van der Waals surface area contributed by atoms with Gasteiger partial charge in [0.25, 0.3) is 5.56 Å². The number of anilines is 1. The van der Waals surface area contributed by atoms with Crippen molar-refractivity contribution < 1.29 is 36.6 Å². The zero-order chi connectivity index (χ0) is 31.0. The van der Waals surface area contributed by atoms with Crippen LogP contribution in [-0.2, 0) is 17.5 Å². The number of carbonyl (C=O) groups excluding carboxylic acids is 1. The minimum absolute atomic E-state index is 0.0570. The number of hydrogen-bond donors (Lipinski definition) is 2. The van der Waals surface area contributed by atoms with Crippen molar-refractivity contribution in [3.8, 4) is 11.6 Å². The van der Waals surface area contributed by atoms with Gasteiger partial charge in [0.05, 0.1) is 17.7 Å². The van der Waals surface area contributed by atoms with Crippen LogP contribution in [0.15, 0.2) is 65.7 Å². The van der Waals surface area contributed by atoms with Crippen molar-refractivity contribution in [2.24, 2.45) is 5.92 Å². The molecule has 0 radical (unpaired) electrons. The van der Waals surface area contributed by atoms with Gasteiger partial charge in [-0.1, -0.05) is 36.4 Å². The molecule has 0 spiro atoms. The molecule has 5 rings (SSSR count). The van der Waals surface area contributed by atoms with E-state index in [1.165, 1.54) is 6.07 Å². The second-order valence-electron chi connectivity index (χ2n) is 11.3. The number of nitrogen functional groups attached to an aromatic ring is 1. The van der Waals surface area contributed by atoms with Gasteiger partial charge in [-0.25, -0.2) is 13.8 Å². The summed E-state index contributed by atoms with van der Waals surface area (Å²) in [5, 5.41) is 11.3. The Bertz CT molecular complexity index is 1520. The molecule has 2 heterocycles. The van der Waals surface area contributed by atoms with Gasteiger partial charge < -0.3 is 20.5 Å². The van der Waals surface area contributed by atoms with E-state index < -0.39 is 52.8 Å². The molecule has 2 aromatic carbocycles. The predicted molar refractivity (Wildman–Crippen MR) is 147 cm³/mol. The zero-order valence-corrected chi connectivity index (χ0v) is 23.1. The standard InChI is InChI=1S/C30H31F5N4O4/c31-29(32)10-9-22(23(16-29)19-5-2-1-3-6-19)26(40)38-13-11-28(42,12-14-38)17-39-18-37-25(24(36)27(39)41)43-21-8-4-7-20(15-21)30(33,34)35/h1-8,15,18,22-23,42H,9-14,16-17,36H2/t22-,23+/m1/s1. The summed E-state index contributed by atoms with van der Waals surface area (Å²) in [5.74, 6) is -4.90. The van der Waals surface area contributed by atoms with Crippen molar-refractivity contribution >= 4 is 11.6 Å². The number of nitrogens with zero attached hydrogens (tertiary/aromatic N) is 3. The van der Waals surface area contributed by atoms with E-state index in [0.717, 1.165) is 29.1 Å². The summed E-state index contributed by atoms with van der Waals surface area (Å²) in [6, 6.07) is 12.9. The molecule has 2 fully saturated rings. The summed E-state index contributed by atoms with van der Waals surface area (Å²) in [4.78, 5) is 32.0. The average Bonchev–Trinajstić information content (AvgIpc) is 2.97. The number of hydrogen-bond acceptors (Lipinski definition) is 6. The number of benzene rings is 2. The third-order valence-corrected chi connectivity index (χ3v) is 8.25. The van der Waals surface area contributed by atoms with Gasteiger partial charge in [0, 0.05) is 37.8 Å². The smallest absolute Gasteiger partial charge is 0.416 e. The Hall–Kier alpha value is -4.00. The molecule has 1 aliphatic carbocycles. The first-order valence-corrected chi connectivity index (χ1v) is 13.9. The molecule has 3 aromatic rings. The number of carbonyl (C=O) groups is 1. The topological polar surface area (TPSA) is 111 Å². The van der Waals surface area contributed by atoms with Crippen LogP contribution >= 0.6 is 0 Å². The number of aromatic nitrogens is 2. The minimum Gasteiger partial charge on any atom is -0.437 e. The summed E-state index contributed by atoms with van der Waals surface area (Å²) in [5.41, 5.74) is 3.06. The highest BCUT2D eigenvalue weighted by atomic mass is 19.4. The Kier molecular flexibility index (Phi) is 8.21. The highest BCUT2D eigenvalue weighted by Crippen LogP contribution is 2.46. The fourth-order valence-electron chi connectivity index (χ4n) is 5.86. The molecule has 230 valence electrons. The molecule has 13 heteroatoms. The van der Waals surface area contributed by atoms with Crippen LogP contribution in [0.4, 0.5) is 27.6 Å². The van der Waals surface area contributed by atoms with Crippen LogP contribution in [0.3, 0.4) is 0 Å². The van der Waals surface area contributed by atoms with Crippen molar-refractivity contribution in [1.29, 1.82) is 0 Å². The number of amides is 1. The van der Waals surface area contributed by atoms with Crippen LogP contribution in [0.2, 0.25) is 0 Å². The lowest BCUT2D eigenvalue weighted by molar-refractivity contribution is -0.145. The van der Waals surface area contributed by atoms with Crippen molar-refractivity contribution in [1.82, 2.24) is 14.5 Å². The Balaban J connectivity index is 1.24. The lowest BCUT2D eigenvalue weighted by Gasteiger charge is -2.42. The number of alkyl halides is 5. The van der Waals surface area contributed by atoms with Crippen molar-refractivity contribution in [3.63, 3.8) is 0 Å². The Labute approximate surface area is 243 Å². The fourth-order valence-corrected chi connectivity index (χ4v) is 5.86. The van der Waals surface area contributed by atoms with Crippen LogP contribution in [0, 0.1) is 5.92 Å². The second kappa shape index (κ2) is 11.6. The summed E-state index contributed by atoms with van der Waals surface area (Å²) in [7, 11) is 0. The number of ether oxygens (including phenoxy) is 1. The molecule has 0 unspecified atom stereocenters. The molecule has 1 aromatic heterocycles. The number of rotatable bonds is 6. The monoisotopic (exact) mass is 606 g/mol. The zero-order valence-electron chi connectivity index (χ0n) is 23.1. The number of likely N-dealkylation sites (tertiary alicyclic amines) is 1. The van der Waals surface area contributed by atoms with Crippen LogP contribution in [0.5, 0.6) is 11.6 Å². The van der Waals surface area contributed by atoms with E-state index >= 15 is 0 Å². The van der Waals surface area contributed by atoms with Crippen LogP contribution in [0.25, 0.3) is 0 Å². The first-order valence-electron chi connectivity index (χ1n) is 13.9. The molecule has 1 aliphatic heterocycles. The molecule has 0 bridgehead atoms. The summed E-state index contributed by atoms with van der Waals surface area (Å²) >= 11 is 0. The van der Waals surface area contributed by atoms with E-state index in [9.17, 15) is 36.6 Å². The third-order valence-electron chi connectivity index (χ3n) is 8.25. The SMILES string of the molecule is Nc1c(Oc2cccc(C(F)(F)F)c2)ncn(CC2(O)CCN(C(=O)[C@@H]3CCC(F)(F)C[C@H]3c3ccccc3)CC2)c1=O. The number of halogens is 5. The quantitative estimate of drug-likeness (QED) is 0.373. The van der Waals surface area contributed by atoms with E-state index in [2.05, 4.69) is 4.98 Å². The molecule has 1 amide bonds. The van der Waals surface area contributed by atoms with Gasteiger partial charge in [0.15, 0.2) is 5.69 Å². The first kappa shape index (κ1) is 30.5. The van der Waals surface area contributed by atoms with Crippen molar-refractivity contribution in [3.05, 3.63) is 82.4 Å². The molecule has 2 aliphatic rings. The number of piperidine rings is 1. The third kappa shape index (κ3) is 6.82. The molecular weight excluding hydrogens is 575 g/mol. The van der Waals surface area contributed by atoms with Gasteiger partial charge in [-0.3, -0.25) is 14.2 Å². The Morgan fingerprint density at radius 2 is 1.77 bits per heavy atom. The predicted octanol–water partition coefficient (Wildman–Crippen LogP) is 5.21. The van der Waals surface area contributed by atoms with Gasteiger partial charge in [-0.2, -0.15) is 13.2 Å².